The molecule has 2 heterocycles. The minimum Gasteiger partial charge on any atom is -0.478 e. The first-order chi connectivity index (χ1) is 11.1. The van der Waals surface area contributed by atoms with Crippen LogP contribution < -0.4 is 0 Å². The fraction of sp³-hybridized carbons (Fsp3) is 0.263. The number of carbonyl (C=O) groups is 1. The van der Waals surface area contributed by atoms with Gasteiger partial charge in [-0.05, 0) is 44.0 Å². The highest BCUT2D eigenvalue weighted by atomic mass is 16.4. The van der Waals surface area contributed by atoms with Crippen LogP contribution in [0.1, 0.15) is 35.5 Å². The average Bonchev–Trinajstić information content (AvgIpc) is 2.89. The van der Waals surface area contributed by atoms with Crippen LogP contribution in [0, 0.1) is 6.92 Å². The molecule has 118 valence electrons. The lowest BCUT2D eigenvalue weighted by atomic mass is 10.0. The first-order valence-corrected chi connectivity index (χ1v) is 7.88. The van der Waals surface area contributed by atoms with E-state index in [9.17, 15) is 9.90 Å². The van der Waals surface area contributed by atoms with Crippen LogP contribution >= 0.6 is 0 Å². The van der Waals surface area contributed by atoms with E-state index in [1.54, 1.807) is 6.20 Å². The van der Waals surface area contributed by atoms with Gasteiger partial charge < -0.3 is 9.67 Å². The van der Waals surface area contributed by atoms with Crippen LogP contribution in [0.3, 0.4) is 0 Å². The van der Waals surface area contributed by atoms with Crippen LogP contribution in [0.2, 0.25) is 0 Å². The third-order valence-electron chi connectivity index (χ3n) is 4.26. The van der Waals surface area contributed by atoms with E-state index in [2.05, 4.69) is 16.5 Å². The second kappa shape index (κ2) is 5.88. The van der Waals surface area contributed by atoms with Gasteiger partial charge in [0, 0.05) is 34.9 Å². The molecule has 0 saturated carbocycles. The molecule has 0 amide bonds. The summed E-state index contributed by atoms with van der Waals surface area (Å²) in [5.74, 6) is -0.882. The zero-order valence-electron chi connectivity index (χ0n) is 13.6. The molecule has 0 bridgehead atoms. The molecule has 0 aliphatic rings. The second-order valence-corrected chi connectivity index (χ2v) is 5.62. The summed E-state index contributed by atoms with van der Waals surface area (Å²) >= 11 is 0. The van der Waals surface area contributed by atoms with Crippen molar-refractivity contribution in [3.63, 3.8) is 0 Å². The number of hydrogen-bond acceptors (Lipinski definition) is 2. The number of nitrogens with zero attached hydrogens (tertiary/aromatic N) is 2. The Morgan fingerprint density at radius 2 is 2.04 bits per heavy atom. The number of aromatic nitrogens is 2. The first kappa shape index (κ1) is 15.3. The van der Waals surface area contributed by atoms with Gasteiger partial charge in [-0.2, -0.15) is 0 Å². The Labute approximate surface area is 135 Å². The summed E-state index contributed by atoms with van der Waals surface area (Å²) in [6.07, 6.45) is 2.54. The van der Waals surface area contributed by atoms with E-state index in [1.165, 1.54) is 0 Å². The topological polar surface area (TPSA) is 55.1 Å². The molecule has 0 unspecified atom stereocenters. The smallest absolute Gasteiger partial charge is 0.338 e. The van der Waals surface area contributed by atoms with Crippen LogP contribution in [-0.2, 0) is 13.0 Å². The molecule has 0 aliphatic carbocycles. The molecule has 1 aromatic carbocycles. The largest absolute Gasteiger partial charge is 0.478 e. The Morgan fingerprint density at radius 3 is 2.65 bits per heavy atom. The number of benzene rings is 1. The maximum absolute atomic E-state index is 12.1. The molecule has 0 saturated heterocycles. The van der Waals surface area contributed by atoms with Crippen LogP contribution in [0.15, 0.2) is 36.5 Å². The fourth-order valence-corrected chi connectivity index (χ4v) is 3.30. The standard InChI is InChI=1S/C19H20N2O2/c1-4-13-7-6-8-15-16(13)17(19(22)23)18(21(15)5-2)14-9-10-20-12(3)11-14/h6-11H,4-5H2,1-3H3,(H,22,23). The van der Waals surface area contributed by atoms with Gasteiger partial charge in [0.25, 0.3) is 0 Å². The molecule has 4 nitrogen and oxygen atoms in total. The fourth-order valence-electron chi connectivity index (χ4n) is 3.30. The quantitative estimate of drug-likeness (QED) is 0.782. The highest BCUT2D eigenvalue weighted by Crippen LogP contribution is 2.36. The van der Waals surface area contributed by atoms with Crippen molar-refractivity contribution >= 4 is 16.9 Å². The average molecular weight is 308 g/mol. The number of rotatable bonds is 4. The van der Waals surface area contributed by atoms with Crippen molar-refractivity contribution < 1.29 is 9.90 Å². The van der Waals surface area contributed by atoms with E-state index in [-0.39, 0.29) is 0 Å². The Bertz CT molecular complexity index is 894. The van der Waals surface area contributed by atoms with Gasteiger partial charge in [0.05, 0.1) is 11.3 Å². The van der Waals surface area contributed by atoms with E-state index >= 15 is 0 Å². The Hall–Kier alpha value is -2.62. The van der Waals surface area contributed by atoms with Gasteiger partial charge in [-0.25, -0.2) is 4.79 Å². The first-order valence-electron chi connectivity index (χ1n) is 7.88. The van der Waals surface area contributed by atoms with Gasteiger partial charge in [0.15, 0.2) is 0 Å². The molecule has 23 heavy (non-hydrogen) atoms. The van der Waals surface area contributed by atoms with Gasteiger partial charge in [0.2, 0.25) is 0 Å². The van der Waals surface area contributed by atoms with Crippen LogP contribution in [0.25, 0.3) is 22.2 Å². The van der Waals surface area contributed by atoms with Crippen LogP contribution in [0.5, 0.6) is 0 Å². The zero-order chi connectivity index (χ0) is 16.6. The zero-order valence-corrected chi connectivity index (χ0v) is 13.6. The van der Waals surface area contributed by atoms with Crippen molar-refractivity contribution in [1.82, 2.24) is 9.55 Å². The number of carboxylic acid groups (broad SMARTS) is 1. The van der Waals surface area contributed by atoms with E-state index < -0.39 is 5.97 Å². The molecule has 3 rings (SSSR count). The molecule has 1 N–H and O–H groups in total. The SMILES string of the molecule is CCc1cccc2c1c(C(=O)O)c(-c1ccnc(C)c1)n2CC. The molecule has 0 aliphatic heterocycles. The number of aromatic carboxylic acids is 1. The van der Waals surface area contributed by atoms with Crippen molar-refractivity contribution in [1.29, 1.82) is 0 Å². The Kier molecular flexibility index (Phi) is 3.90. The van der Waals surface area contributed by atoms with Gasteiger partial charge in [-0.3, -0.25) is 4.98 Å². The number of carboxylic acids is 1. The Balaban J connectivity index is 2.49. The highest BCUT2D eigenvalue weighted by Gasteiger charge is 2.24. The predicted molar refractivity (Wildman–Crippen MR) is 91.9 cm³/mol. The number of pyridine rings is 1. The second-order valence-electron chi connectivity index (χ2n) is 5.62. The summed E-state index contributed by atoms with van der Waals surface area (Å²) in [5.41, 5.74) is 4.98. The number of hydrogen-bond donors (Lipinski definition) is 1. The third kappa shape index (κ3) is 2.40. The minimum absolute atomic E-state index is 0.393. The molecule has 4 heteroatoms. The molecular weight excluding hydrogens is 288 g/mol. The van der Waals surface area contributed by atoms with E-state index in [0.717, 1.165) is 39.8 Å². The van der Waals surface area contributed by atoms with Crippen molar-refractivity contribution in [2.75, 3.05) is 0 Å². The van der Waals surface area contributed by atoms with E-state index in [0.29, 0.717) is 12.1 Å². The lowest BCUT2D eigenvalue weighted by Gasteiger charge is -2.09. The summed E-state index contributed by atoms with van der Waals surface area (Å²) in [5, 5.41) is 10.7. The molecule has 0 radical (unpaired) electrons. The van der Waals surface area contributed by atoms with Crippen LogP contribution in [-0.4, -0.2) is 20.6 Å². The van der Waals surface area contributed by atoms with Crippen molar-refractivity contribution in [2.45, 2.75) is 33.7 Å². The van der Waals surface area contributed by atoms with Gasteiger partial charge in [0.1, 0.15) is 0 Å². The van der Waals surface area contributed by atoms with Gasteiger partial charge >= 0.3 is 5.97 Å². The van der Waals surface area contributed by atoms with Crippen molar-refractivity contribution in [2.24, 2.45) is 0 Å². The highest BCUT2D eigenvalue weighted by molar-refractivity contribution is 6.11. The summed E-state index contributed by atoms with van der Waals surface area (Å²) in [7, 11) is 0. The lowest BCUT2D eigenvalue weighted by Crippen LogP contribution is -2.03. The maximum Gasteiger partial charge on any atom is 0.338 e. The maximum atomic E-state index is 12.1. The van der Waals surface area contributed by atoms with E-state index in [4.69, 9.17) is 0 Å². The monoisotopic (exact) mass is 308 g/mol. The van der Waals surface area contributed by atoms with E-state index in [1.807, 2.05) is 44.2 Å². The third-order valence-corrected chi connectivity index (χ3v) is 4.26. The van der Waals surface area contributed by atoms with Crippen molar-refractivity contribution in [3.05, 3.63) is 53.3 Å². The molecule has 3 aromatic rings. The summed E-state index contributed by atoms with van der Waals surface area (Å²) in [6.45, 7) is 6.73. The predicted octanol–water partition coefficient (Wildman–Crippen LogP) is 4.29. The van der Waals surface area contributed by atoms with Gasteiger partial charge in [-0.15, -0.1) is 0 Å². The van der Waals surface area contributed by atoms with Crippen LogP contribution in [0.4, 0.5) is 0 Å². The molecule has 0 fully saturated rings. The normalized spacial score (nSPS) is 11.1. The van der Waals surface area contributed by atoms with Crippen molar-refractivity contribution in [3.8, 4) is 11.3 Å². The summed E-state index contributed by atoms with van der Waals surface area (Å²) in [4.78, 5) is 16.3. The number of fused-ring (bicyclic) bond motifs is 1. The summed E-state index contributed by atoms with van der Waals surface area (Å²) < 4.78 is 2.09. The molecule has 0 spiro atoms. The summed E-state index contributed by atoms with van der Waals surface area (Å²) in [6, 6.07) is 9.84. The Morgan fingerprint density at radius 1 is 1.26 bits per heavy atom. The molecule has 0 atom stereocenters. The molecule has 2 aromatic heterocycles. The number of aryl methyl sites for hydroxylation is 3. The minimum atomic E-state index is -0.882. The lowest BCUT2D eigenvalue weighted by molar-refractivity contribution is 0.0699. The molecular formula is C19H20N2O2. The van der Waals surface area contributed by atoms with Gasteiger partial charge in [-0.1, -0.05) is 19.1 Å².